The molecule has 0 heterocycles. The number of amides is 3. The molecule has 0 aromatic heterocycles. The molecule has 1 rings (SSSR count). The summed E-state index contributed by atoms with van der Waals surface area (Å²) in [5, 5.41) is 34.6. The third kappa shape index (κ3) is 7.68. The molecule has 0 bridgehead atoms. The predicted molar refractivity (Wildman–Crippen MR) is 106 cm³/mol. The normalized spacial score (nSPS) is 15.8. The topological polar surface area (TPSA) is 191 Å². The smallest absolute Gasteiger partial charge is 0.328 e. The maximum Gasteiger partial charge on any atom is 0.328 e. The SMILES string of the molecule is CC(NC(=O)C(N)Cc1ccc(O)cc1)C(=O)NC(C)C(=O)NC(C(=O)O)C(C)O. The van der Waals surface area contributed by atoms with E-state index in [0.29, 0.717) is 0 Å². The molecule has 0 saturated carbocycles. The van der Waals surface area contributed by atoms with Crippen molar-refractivity contribution in [1.29, 1.82) is 0 Å². The largest absolute Gasteiger partial charge is 0.508 e. The predicted octanol–water partition coefficient (Wildman–Crippen LogP) is -1.78. The van der Waals surface area contributed by atoms with Gasteiger partial charge in [-0.25, -0.2) is 4.79 Å². The zero-order valence-corrected chi connectivity index (χ0v) is 17.0. The number of nitrogens with two attached hydrogens (primary N) is 1. The van der Waals surface area contributed by atoms with Crippen molar-refractivity contribution in [2.24, 2.45) is 5.73 Å². The number of phenols is 1. The number of rotatable bonds is 10. The average molecular weight is 424 g/mol. The van der Waals surface area contributed by atoms with E-state index in [1.54, 1.807) is 12.1 Å². The lowest BCUT2D eigenvalue weighted by atomic mass is 10.1. The molecular formula is C19H28N4O7. The van der Waals surface area contributed by atoms with Crippen LogP contribution >= 0.6 is 0 Å². The number of aliphatic hydroxyl groups excluding tert-OH is 1. The molecule has 1 aromatic rings. The number of hydrogen-bond donors (Lipinski definition) is 7. The third-order valence-electron chi connectivity index (χ3n) is 4.28. The van der Waals surface area contributed by atoms with Gasteiger partial charge in [0, 0.05) is 0 Å². The number of carbonyl (C=O) groups is 4. The minimum atomic E-state index is -1.52. The minimum Gasteiger partial charge on any atom is -0.508 e. The highest BCUT2D eigenvalue weighted by Gasteiger charge is 2.28. The van der Waals surface area contributed by atoms with E-state index in [1.165, 1.54) is 32.9 Å². The molecular weight excluding hydrogens is 396 g/mol. The molecule has 1 aromatic carbocycles. The van der Waals surface area contributed by atoms with E-state index in [1.807, 2.05) is 0 Å². The number of nitrogens with one attached hydrogen (secondary N) is 3. The maximum absolute atomic E-state index is 12.2. The van der Waals surface area contributed by atoms with Gasteiger partial charge in [-0.2, -0.15) is 0 Å². The summed E-state index contributed by atoms with van der Waals surface area (Å²) < 4.78 is 0. The van der Waals surface area contributed by atoms with Gasteiger partial charge in [0.2, 0.25) is 17.7 Å². The number of carboxylic acids is 1. The molecule has 0 aliphatic heterocycles. The number of carboxylic acid groups (broad SMARTS) is 1. The number of aliphatic hydroxyl groups is 1. The van der Waals surface area contributed by atoms with Crippen molar-refractivity contribution < 1.29 is 34.5 Å². The molecule has 0 aliphatic carbocycles. The van der Waals surface area contributed by atoms with Crippen LogP contribution in [0, 0.1) is 0 Å². The Morgan fingerprint density at radius 3 is 1.83 bits per heavy atom. The first-order valence-corrected chi connectivity index (χ1v) is 9.27. The monoisotopic (exact) mass is 424 g/mol. The summed E-state index contributed by atoms with van der Waals surface area (Å²) in [6.07, 6.45) is -1.14. The summed E-state index contributed by atoms with van der Waals surface area (Å²) in [6.45, 7) is 3.95. The van der Waals surface area contributed by atoms with E-state index < -0.39 is 54.0 Å². The Hall–Kier alpha value is -3.18. The van der Waals surface area contributed by atoms with E-state index in [-0.39, 0.29) is 12.2 Å². The quantitative estimate of drug-likeness (QED) is 0.229. The molecule has 11 heteroatoms. The van der Waals surface area contributed by atoms with Gasteiger partial charge >= 0.3 is 5.97 Å². The van der Waals surface area contributed by atoms with Gasteiger partial charge in [-0.15, -0.1) is 0 Å². The fourth-order valence-corrected chi connectivity index (χ4v) is 2.44. The Bertz CT molecular complexity index is 767. The fraction of sp³-hybridized carbons (Fsp3) is 0.474. The number of carbonyl (C=O) groups excluding carboxylic acids is 3. The van der Waals surface area contributed by atoms with Gasteiger partial charge in [0.1, 0.15) is 17.8 Å². The van der Waals surface area contributed by atoms with Crippen molar-refractivity contribution in [3.05, 3.63) is 29.8 Å². The Balaban J connectivity index is 2.56. The molecule has 30 heavy (non-hydrogen) atoms. The van der Waals surface area contributed by atoms with Gasteiger partial charge in [-0.1, -0.05) is 12.1 Å². The number of hydrogen-bond acceptors (Lipinski definition) is 7. The summed E-state index contributed by atoms with van der Waals surface area (Å²) in [7, 11) is 0. The second-order valence-corrected chi connectivity index (χ2v) is 7.00. The molecule has 0 fully saturated rings. The second-order valence-electron chi connectivity index (χ2n) is 7.00. The Morgan fingerprint density at radius 1 is 0.900 bits per heavy atom. The summed E-state index contributed by atoms with van der Waals surface area (Å²) in [5.74, 6) is -3.39. The maximum atomic E-state index is 12.2. The van der Waals surface area contributed by atoms with Crippen molar-refractivity contribution in [3.63, 3.8) is 0 Å². The van der Waals surface area contributed by atoms with Gasteiger partial charge in [0.05, 0.1) is 12.1 Å². The summed E-state index contributed by atoms with van der Waals surface area (Å²) in [5.41, 5.74) is 6.57. The second kappa shape index (κ2) is 11.1. The minimum absolute atomic E-state index is 0.0864. The average Bonchev–Trinajstić information content (AvgIpc) is 2.66. The molecule has 166 valence electrons. The Labute approximate surface area is 173 Å². The van der Waals surface area contributed by atoms with Crippen LogP contribution in [0.5, 0.6) is 5.75 Å². The first-order chi connectivity index (χ1) is 13.9. The molecule has 0 aliphatic rings. The highest BCUT2D eigenvalue weighted by molar-refractivity contribution is 5.93. The van der Waals surface area contributed by atoms with E-state index in [9.17, 15) is 29.4 Å². The number of phenolic OH excluding ortho intramolecular Hbond substituents is 1. The van der Waals surface area contributed by atoms with E-state index >= 15 is 0 Å². The summed E-state index contributed by atoms with van der Waals surface area (Å²) in [6, 6.07) is 1.60. The molecule has 0 saturated heterocycles. The van der Waals surface area contributed by atoms with Gasteiger partial charge in [-0.3, -0.25) is 14.4 Å². The Morgan fingerprint density at radius 2 is 1.37 bits per heavy atom. The lowest BCUT2D eigenvalue weighted by molar-refractivity contribution is -0.145. The van der Waals surface area contributed by atoms with Crippen LogP contribution in [-0.4, -0.2) is 69.3 Å². The molecule has 11 nitrogen and oxygen atoms in total. The molecule has 5 unspecified atom stereocenters. The standard InChI is InChI=1S/C19H28N4O7/c1-9(22-18(28)14(20)8-12-4-6-13(25)7-5-12)16(26)21-10(2)17(27)23-15(11(3)24)19(29)30/h4-7,9-11,14-15,24-25H,8,20H2,1-3H3,(H,21,26)(H,22,28)(H,23,27)(H,29,30). The first kappa shape index (κ1) is 24.9. The van der Waals surface area contributed by atoms with Crippen molar-refractivity contribution in [1.82, 2.24) is 16.0 Å². The zero-order valence-electron chi connectivity index (χ0n) is 17.0. The highest BCUT2D eigenvalue weighted by Crippen LogP contribution is 2.11. The van der Waals surface area contributed by atoms with Gasteiger partial charge in [-0.05, 0) is 44.9 Å². The van der Waals surface area contributed by atoms with E-state index in [4.69, 9.17) is 10.8 Å². The number of benzene rings is 1. The van der Waals surface area contributed by atoms with Crippen molar-refractivity contribution in [2.45, 2.75) is 57.5 Å². The molecule has 5 atom stereocenters. The van der Waals surface area contributed by atoms with Crippen LogP contribution in [0.3, 0.4) is 0 Å². The Kier molecular flexibility index (Phi) is 9.21. The summed E-state index contributed by atoms with van der Waals surface area (Å²) in [4.78, 5) is 47.5. The molecule has 8 N–H and O–H groups in total. The van der Waals surface area contributed by atoms with Crippen LogP contribution in [0.1, 0.15) is 26.3 Å². The van der Waals surface area contributed by atoms with E-state index in [2.05, 4.69) is 16.0 Å². The number of aliphatic carboxylic acids is 1. The summed E-state index contributed by atoms with van der Waals surface area (Å²) >= 11 is 0. The lowest BCUT2D eigenvalue weighted by Crippen LogP contribution is -2.57. The van der Waals surface area contributed by atoms with Crippen molar-refractivity contribution in [3.8, 4) is 5.75 Å². The van der Waals surface area contributed by atoms with Gasteiger partial charge < -0.3 is 37.0 Å². The van der Waals surface area contributed by atoms with Crippen molar-refractivity contribution in [2.75, 3.05) is 0 Å². The highest BCUT2D eigenvalue weighted by atomic mass is 16.4. The first-order valence-electron chi connectivity index (χ1n) is 9.27. The molecule has 0 spiro atoms. The van der Waals surface area contributed by atoms with Crippen LogP contribution in [-0.2, 0) is 25.6 Å². The molecule has 3 amide bonds. The number of aromatic hydroxyl groups is 1. The van der Waals surface area contributed by atoms with Crippen LogP contribution in [0.25, 0.3) is 0 Å². The van der Waals surface area contributed by atoms with Crippen LogP contribution < -0.4 is 21.7 Å². The van der Waals surface area contributed by atoms with Gasteiger partial charge in [0.15, 0.2) is 6.04 Å². The lowest BCUT2D eigenvalue weighted by Gasteiger charge is -2.22. The fourth-order valence-electron chi connectivity index (χ4n) is 2.44. The molecule has 0 radical (unpaired) electrons. The van der Waals surface area contributed by atoms with Crippen LogP contribution in [0.4, 0.5) is 0 Å². The zero-order chi connectivity index (χ0) is 23.0. The van der Waals surface area contributed by atoms with Crippen LogP contribution in [0.15, 0.2) is 24.3 Å². The van der Waals surface area contributed by atoms with E-state index in [0.717, 1.165) is 5.56 Å². The third-order valence-corrected chi connectivity index (χ3v) is 4.28. The van der Waals surface area contributed by atoms with Gasteiger partial charge in [0.25, 0.3) is 0 Å². The van der Waals surface area contributed by atoms with Crippen molar-refractivity contribution >= 4 is 23.7 Å². The van der Waals surface area contributed by atoms with Crippen LogP contribution in [0.2, 0.25) is 0 Å².